The van der Waals surface area contributed by atoms with Crippen molar-refractivity contribution in [3.05, 3.63) is 41.3 Å². The highest BCUT2D eigenvalue weighted by Crippen LogP contribution is 2.27. The van der Waals surface area contributed by atoms with Gasteiger partial charge in [-0.1, -0.05) is 17.7 Å². The summed E-state index contributed by atoms with van der Waals surface area (Å²) in [5, 5.41) is 3.45. The molecule has 1 aromatic heterocycles. The van der Waals surface area contributed by atoms with Gasteiger partial charge in [0.15, 0.2) is 0 Å². The number of aryl methyl sites for hydroxylation is 2. The van der Waals surface area contributed by atoms with Crippen LogP contribution in [0.5, 0.6) is 0 Å². The van der Waals surface area contributed by atoms with Gasteiger partial charge in [0.05, 0.1) is 24.0 Å². The number of rotatable bonds is 3. The van der Waals surface area contributed by atoms with E-state index in [1.807, 2.05) is 6.20 Å². The third-order valence-corrected chi connectivity index (χ3v) is 4.03. The minimum absolute atomic E-state index is 0.263. The molecule has 1 aliphatic heterocycles. The van der Waals surface area contributed by atoms with Crippen LogP contribution in [0.15, 0.2) is 24.4 Å². The molecule has 0 radical (unpaired) electrons. The normalized spacial score (nSPS) is 22.4. The molecule has 2 heterocycles. The van der Waals surface area contributed by atoms with Crippen LogP contribution in [-0.4, -0.2) is 29.7 Å². The van der Waals surface area contributed by atoms with Crippen LogP contribution in [0, 0.1) is 13.8 Å². The molecule has 4 nitrogen and oxygen atoms in total. The minimum atomic E-state index is 0.263. The molecule has 0 amide bonds. The zero-order valence-electron chi connectivity index (χ0n) is 12.2. The van der Waals surface area contributed by atoms with E-state index in [0.29, 0.717) is 0 Å². The van der Waals surface area contributed by atoms with E-state index in [1.54, 1.807) is 7.11 Å². The highest BCUT2D eigenvalue weighted by atomic mass is 16.5. The number of hydrogen-bond donors (Lipinski definition) is 2. The minimum Gasteiger partial charge on any atom is -0.380 e. The van der Waals surface area contributed by atoms with Crippen molar-refractivity contribution in [2.24, 2.45) is 0 Å². The third kappa shape index (κ3) is 2.49. The molecule has 2 N–H and O–H groups in total. The Bertz CT molecular complexity index is 606. The van der Waals surface area contributed by atoms with Crippen LogP contribution < -0.4 is 5.32 Å². The summed E-state index contributed by atoms with van der Waals surface area (Å²) in [4.78, 5) is 8.00. The van der Waals surface area contributed by atoms with Gasteiger partial charge in [-0.2, -0.15) is 0 Å². The smallest absolute Gasteiger partial charge is 0.123 e. The van der Waals surface area contributed by atoms with Crippen molar-refractivity contribution in [2.75, 3.05) is 13.7 Å². The molecule has 3 rings (SSSR count). The second-order valence-corrected chi connectivity index (χ2v) is 5.55. The first-order valence-electron chi connectivity index (χ1n) is 7.06. The maximum absolute atomic E-state index is 5.38. The Balaban J connectivity index is 1.85. The molecule has 106 valence electrons. The number of aromatic amines is 1. The number of hydrogen-bond acceptors (Lipinski definition) is 3. The molecule has 0 aliphatic carbocycles. The summed E-state index contributed by atoms with van der Waals surface area (Å²) in [6.07, 6.45) is 3.18. The molecule has 0 spiro atoms. The van der Waals surface area contributed by atoms with Crippen LogP contribution in [-0.2, 0) is 4.74 Å². The summed E-state index contributed by atoms with van der Waals surface area (Å²) in [7, 11) is 1.76. The summed E-state index contributed by atoms with van der Waals surface area (Å²) in [5.74, 6) is 1.00. The molecule has 4 heteroatoms. The van der Waals surface area contributed by atoms with Gasteiger partial charge in [0, 0.05) is 19.2 Å². The quantitative estimate of drug-likeness (QED) is 0.902. The molecule has 20 heavy (non-hydrogen) atoms. The first-order valence-corrected chi connectivity index (χ1v) is 7.06. The van der Waals surface area contributed by atoms with E-state index in [-0.39, 0.29) is 12.1 Å². The van der Waals surface area contributed by atoms with Crippen molar-refractivity contribution >= 4 is 0 Å². The van der Waals surface area contributed by atoms with Crippen LogP contribution in [0.1, 0.15) is 29.4 Å². The molecule has 2 unspecified atom stereocenters. The van der Waals surface area contributed by atoms with Crippen LogP contribution in [0.2, 0.25) is 0 Å². The van der Waals surface area contributed by atoms with Crippen molar-refractivity contribution in [1.29, 1.82) is 0 Å². The van der Waals surface area contributed by atoms with Crippen molar-refractivity contribution in [3.8, 4) is 11.3 Å². The van der Waals surface area contributed by atoms with Crippen LogP contribution in [0.4, 0.5) is 0 Å². The number of methoxy groups -OCH3 is 1. The maximum Gasteiger partial charge on any atom is 0.123 e. The SMILES string of the molecule is COC1CNC(c2ncc(-c3cc(C)ccc3C)[nH]2)C1. The van der Waals surface area contributed by atoms with Crippen molar-refractivity contribution in [3.63, 3.8) is 0 Å². The Labute approximate surface area is 119 Å². The molecular weight excluding hydrogens is 250 g/mol. The number of H-pyrrole nitrogens is 1. The van der Waals surface area contributed by atoms with Gasteiger partial charge in [-0.05, 0) is 31.9 Å². The zero-order chi connectivity index (χ0) is 14.1. The largest absolute Gasteiger partial charge is 0.380 e. The molecule has 1 fully saturated rings. The number of imidazole rings is 1. The van der Waals surface area contributed by atoms with Gasteiger partial charge in [0.25, 0.3) is 0 Å². The topological polar surface area (TPSA) is 49.9 Å². The first-order chi connectivity index (χ1) is 9.67. The summed E-state index contributed by atoms with van der Waals surface area (Å²) in [6, 6.07) is 6.75. The third-order valence-electron chi connectivity index (χ3n) is 4.03. The lowest BCUT2D eigenvalue weighted by Gasteiger charge is -2.07. The number of nitrogens with one attached hydrogen (secondary N) is 2. The van der Waals surface area contributed by atoms with Gasteiger partial charge in [0.2, 0.25) is 0 Å². The number of nitrogens with zero attached hydrogens (tertiary/aromatic N) is 1. The standard InChI is InChI=1S/C16H21N3O/c1-10-4-5-11(2)13(6-10)15-9-18-16(19-15)14-7-12(20-3)8-17-14/h4-6,9,12,14,17H,7-8H2,1-3H3,(H,18,19). The fraction of sp³-hybridized carbons (Fsp3) is 0.438. The second kappa shape index (κ2) is 5.38. The number of ether oxygens (including phenoxy) is 1. The predicted octanol–water partition coefficient (Wildman–Crippen LogP) is 2.74. The molecule has 1 aliphatic rings. The molecule has 1 aromatic carbocycles. The summed E-state index contributed by atoms with van der Waals surface area (Å²) in [6.45, 7) is 5.13. The van der Waals surface area contributed by atoms with Gasteiger partial charge in [-0.3, -0.25) is 0 Å². The summed E-state index contributed by atoms with van der Waals surface area (Å²) in [5.41, 5.74) is 4.84. The summed E-state index contributed by atoms with van der Waals surface area (Å²) < 4.78 is 5.38. The predicted molar refractivity (Wildman–Crippen MR) is 79.7 cm³/mol. The van der Waals surface area contributed by atoms with Crippen molar-refractivity contribution in [1.82, 2.24) is 15.3 Å². The van der Waals surface area contributed by atoms with E-state index >= 15 is 0 Å². The fourth-order valence-electron chi connectivity index (χ4n) is 2.77. The molecule has 2 aromatic rings. The van der Waals surface area contributed by atoms with E-state index in [4.69, 9.17) is 4.74 Å². The average Bonchev–Trinajstić information content (AvgIpc) is 3.09. The van der Waals surface area contributed by atoms with E-state index in [9.17, 15) is 0 Å². The molecule has 1 saturated heterocycles. The molecule has 0 saturated carbocycles. The fourth-order valence-corrected chi connectivity index (χ4v) is 2.77. The van der Waals surface area contributed by atoms with Gasteiger partial charge in [-0.15, -0.1) is 0 Å². The van der Waals surface area contributed by atoms with E-state index in [2.05, 4.69) is 47.3 Å². The van der Waals surface area contributed by atoms with E-state index in [0.717, 1.165) is 24.5 Å². The Morgan fingerprint density at radius 1 is 1.30 bits per heavy atom. The molecule has 0 bridgehead atoms. The van der Waals surface area contributed by atoms with Gasteiger partial charge < -0.3 is 15.0 Å². The maximum atomic E-state index is 5.38. The Hall–Kier alpha value is -1.65. The highest BCUT2D eigenvalue weighted by molar-refractivity contribution is 5.63. The first kappa shape index (κ1) is 13.3. The Morgan fingerprint density at radius 3 is 2.90 bits per heavy atom. The lowest BCUT2D eigenvalue weighted by molar-refractivity contribution is 0.117. The lowest BCUT2D eigenvalue weighted by Crippen LogP contribution is -2.16. The number of benzene rings is 1. The second-order valence-electron chi connectivity index (χ2n) is 5.55. The average molecular weight is 271 g/mol. The zero-order valence-corrected chi connectivity index (χ0v) is 12.2. The molecule has 2 atom stereocenters. The Kier molecular flexibility index (Phi) is 3.59. The Morgan fingerprint density at radius 2 is 2.15 bits per heavy atom. The number of aromatic nitrogens is 2. The highest BCUT2D eigenvalue weighted by Gasteiger charge is 2.27. The van der Waals surface area contributed by atoms with Gasteiger partial charge in [0.1, 0.15) is 5.82 Å². The van der Waals surface area contributed by atoms with Crippen LogP contribution in [0.3, 0.4) is 0 Å². The summed E-state index contributed by atoms with van der Waals surface area (Å²) >= 11 is 0. The van der Waals surface area contributed by atoms with Crippen LogP contribution in [0.25, 0.3) is 11.3 Å². The van der Waals surface area contributed by atoms with Crippen molar-refractivity contribution < 1.29 is 4.74 Å². The lowest BCUT2D eigenvalue weighted by atomic mass is 10.0. The van der Waals surface area contributed by atoms with E-state index in [1.165, 1.54) is 16.7 Å². The molecular formula is C16H21N3O. The van der Waals surface area contributed by atoms with E-state index < -0.39 is 0 Å². The van der Waals surface area contributed by atoms with Gasteiger partial charge >= 0.3 is 0 Å². The van der Waals surface area contributed by atoms with Gasteiger partial charge in [-0.25, -0.2) is 4.98 Å². The van der Waals surface area contributed by atoms with Crippen molar-refractivity contribution in [2.45, 2.75) is 32.4 Å². The van der Waals surface area contributed by atoms with Crippen LogP contribution >= 0.6 is 0 Å². The monoisotopic (exact) mass is 271 g/mol.